The first-order valence-electron chi connectivity index (χ1n) is 13.4. The van der Waals surface area contributed by atoms with Crippen LogP contribution < -0.4 is 19.1 Å². The highest BCUT2D eigenvalue weighted by molar-refractivity contribution is 7.92. The molecule has 12 heteroatoms. The second-order valence-electron chi connectivity index (χ2n) is 9.59. The molecule has 220 valence electrons. The minimum absolute atomic E-state index is 0.0283. The maximum absolute atomic E-state index is 13.6. The zero-order chi connectivity index (χ0) is 29.3. The predicted molar refractivity (Wildman–Crippen MR) is 158 cm³/mol. The van der Waals surface area contributed by atoms with Gasteiger partial charge in [0.15, 0.2) is 11.5 Å². The number of anilines is 1. The van der Waals surface area contributed by atoms with Gasteiger partial charge in [0.05, 0.1) is 11.9 Å². The van der Waals surface area contributed by atoms with Gasteiger partial charge in [-0.05, 0) is 49.1 Å². The van der Waals surface area contributed by atoms with Crippen LogP contribution in [0, 0.1) is 0 Å². The van der Waals surface area contributed by atoms with Crippen molar-refractivity contribution >= 4 is 50.7 Å². The van der Waals surface area contributed by atoms with Crippen molar-refractivity contribution in [3.8, 4) is 11.5 Å². The molecule has 1 aliphatic heterocycles. The van der Waals surface area contributed by atoms with Crippen LogP contribution in [0.25, 0.3) is 0 Å². The number of ether oxygens (including phenoxy) is 2. The lowest BCUT2D eigenvalue weighted by molar-refractivity contribution is -0.141. The Balaban J connectivity index is 1.78. The molecule has 0 aliphatic carbocycles. The van der Waals surface area contributed by atoms with Gasteiger partial charge in [-0.1, -0.05) is 49.5 Å². The highest BCUT2D eigenvalue weighted by Gasteiger charge is 2.29. The first-order valence-corrected chi connectivity index (χ1v) is 16.0. The van der Waals surface area contributed by atoms with Crippen molar-refractivity contribution in [3.63, 3.8) is 0 Å². The third-order valence-electron chi connectivity index (χ3n) is 6.54. The number of hydrogen-bond acceptors (Lipinski definition) is 6. The summed E-state index contributed by atoms with van der Waals surface area (Å²) in [4.78, 5) is 28.2. The minimum Gasteiger partial charge on any atom is -0.486 e. The number of hydrogen-bond donors (Lipinski definition) is 1. The highest BCUT2D eigenvalue weighted by Crippen LogP contribution is 2.35. The maximum Gasteiger partial charge on any atom is 0.242 e. The van der Waals surface area contributed by atoms with Crippen molar-refractivity contribution in [2.24, 2.45) is 0 Å². The average Bonchev–Trinajstić information content (AvgIpc) is 2.91. The van der Waals surface area contributed by atoms with Crippen molar-refractivity contribution in [2.45, 2.75) is 58.5 Å². The fraction of sp³-hybridized carbons (Fsp3) is 0.500. The number of nitrogens with zero attached hydrogens (tertiary/aromatic N) is 2. The van der Waals surface area contributed by atoms with Gasteiger partial charge in [-0.15, -0.1) is 0 Å². The summed E-state index contributed by atoms with van der Waals surface area (Å²) < 4.78 is 37.7. The van der Waals surface area contributed by atoms with E-state index in [2.05, 4.69) is 5.32 Å². The molecule has 2 amide bonds. The lowest BCUT2D eigenvalue weighted by Crippen LogP contribution is -2.49. The van der Waals surface area contributed by atoms with Gasteiger partial charge < -0.3 is 19.7 Å². The monoisotopic (exact) mass is 613 g/mol. The summed E-state index contributed by atoms with van der Waals surface area (Å²) in [6.45, 7) is 5.40. The summed E-state index contributed by atoms with van der Waals surface area (Å²) in [6.07, 6.45) is 3.55. The van der Waals surface area contributed by atoms with Crippen molar-refractivity contribution in [2.75, 3.05) is 36.9 Å². The van der Waals surface area contributed by atoms with E-state index in [1.807, 2.05) is 13.8 Å². The predicted octanol–water partition coefficient (Wildman–Crippen LogP) is 5.03. The number of unbranched alkanes of at least 4 members (excludes halogenated alkanes) is 1. The van der Waals surface area contributed by atoms with Gasteiger partial charge in [-0.2, -0.15) is 0 Å². The standard InChI is InChI=1S/C28H37Cl2N3O6S/c1-4-6-13-31-28(35)24(5-2)32(19-20-9-10-21(29)17-23(20)30)27(34)8-7-14-33(40(3,36)37)22-11-12-25-26(18-22)39-16-15-38-25/h9-12,17-18,24H,4-8,13-16,19H2,1-3H3,(H,31,35)/t24-/m1/s1. The Morgan fingerprint density at radius 2 is 1.75 bits per heavy atom. The van der Waals surface area contributed by atoms with Gasteiger partial charge in [-0.25, -0.2) is 8.42 Å². The van der Waals surface area contributed by atoms with E-state index in [0.29, 0.717) is 59.0 Å². The first kappa shape index (κ1) is 31.8. The lowest BCUT2D eigenvalue weighted by atomic mass is 10.1. The number of carbonyl (C=O) groups excluding carboxylic acids is 2. The van der Waals surface area contributed by atoms with E-state index >= 15 is 0 Å². The van der Waals surface area contributed by atoms with Gasteiger partial charge in [0.25, 0.3) is 0 Å². The smallest absolute Gasteiger partial charge is 0.242 e. The molecule has 2 aromatic rings. The van der Waals surface area contributed by atoms with Crippen LogP contribution in [-0.2, 0) is 26.2 Å². The molecule has 1 heterocycles. The van der Waals surface area contributed by atoms with Crippen LogP contribution in [0.15, 0.2) is 36.4 Å². The van der Waals surface area contributed by atoms with Crippen LogP contribution in [0.1, 0.15) is 51.5 Å². The Morgan fingerprint density at radius 3 is 2.40 bits per heavy atom. The van der Waals surface area contributed by atoms with Gasteiger partial charge in [-0.3, -0.25) is 13.9 Å². The van der Waals surface area contributed by atoms with Crippen molar-refractivity contribution in [1.29, 1.82) is 0 Å². The molecule has 40 heavy (non-hydrogen) atoms. The lowest BCUT2D eigenvalue weighted by Gasteiger charge is -2.31. The van der Waals surface area contributed by atoms with Gasteiger partial charge in [0, 0.05) is 42.2 Å². The summed E-state index contributed by atoms with van der Waals surface area (Å²) in [5.41, 5.74) is 1.08. The van der Waals surface area contributed by atoms with Crippen molar-refractivity contribution in [3.05, 3.63) is 52.0 Å². The number of amides is 2. The molecule has 1 N–H and O–H groups in total. The zero-order valence-corrected chi connectivity index (χ0v) is 25.4. The summed E-state index contributed by atoms with van der Waals surface area (Å²) in [5.74, 6) is 0.514. The molecule has 3 rings (SSSR count). The van der Waals surface area contributed by atoms with Crippen molar-refractivity contribution < 1.29 is 27.5 Å². The second kappa shape index (κ2) is 14.8. The Kier molecular flexibility index (Phi) is 11.8. The highest BCUT2D eigenvalue weighted by atomic mass is 35.5. The molecule has 0 saturated carbocycles. The number of carbonyl (C=O) groups is 2. The van der Waals surface area contributed by atoms with E-state index in [4.69, 9.17) is 32.7 Å². The van der Waals surface area contributed by atoms with Crippen molar-refractivity contribution in [1.82, 2.24) is 10.2 Å². The summed E-state index contributed by atoms with van der Waals surface area (Å²) in [6, 6.07) is 9.26. The molecule has 0 bridgehead atoms. The van der Waals surface area contributed by atoms with Crippen LogP contribution in [0.2, 0.25) is 10.0 Å². The van der Waals surface area contributed by atoms with E-state index in [9.17, 15) is 18.0 Å². The summed E-state index contributed by atoms with van der Waals surface area (Å²) in [7, 11) is -3.65. The topological polar surface area (TPSA) is 105 Å². The van der Waals surface area contributed by atoms with Crippen LogP contribution >= 0.6 is 23.2 Å². The van der Waals surface area contributed by atoms with Gasteiger partial charge in [0.1, 0.15) is 19.3 Å². The SMILES string of the molecule is CCCCNC(=O)[C@@H](CC)N(Cc1ccc(Cl)cc1Cl)C(=O)CCCN(c1ccc2c(c1)OCCO2)S(C)(=O)=O. The van der Waals surface area contributed by atoms with Gasteiger partial charge >= 0.3 is 0 Å². The molecule has 0 unspecified atom stereocenters. The molecule has 2 aromatic carbocycles. The minimum atomic E-state index is -3.65. The molecule has 0 radical (unpaired) electrons. The van der Waals surface area contributed by atoms with Crippen LogP contribution in [0.3, 0.4) is 0 Å². The number of rotatable bonds is 14. The average molecular weight is 615 g/mol. The molecule has 0 aromatic heterocycles. The number of fused-ring (bicyclic) bond motifs is 1. The molecule has 0 spiro atoms. The number of sulfonamides is 1. The molecule has 0 saturated heterocycles. The van der Waals surface area contributed by atoms with E-state index < -0.39 is 16.1 Å². The molecule has 9 nitrogen and oxygen atoms in total. The Morgan fingerprint density at radius 1 is 1.02 bits per heavy atom. The molecular weight excluding hydrogens is 577 g/mol. The zero-order valence-electron chi connectivity index (χ0n) is 23.1. The summed E-state index contributed by atoms with van der Waals surface area (Å²) in [5, 5.41) is 3.79. The largest absolute Gasteiger partial charge is 0.486 e. The second-order valence-corrected chi connectivity index (χ2v) is 12.3. The molecule has 0 fully saturated rings. The van der Waals surface area contributed by atoms with E-state index in [1.54, 1.807) is 36.4 Å². The molecular formula is C28H37Cl2N3O6S. The fourth-order valence-corrected chi connectivity index (χ4v) is 5.88. The maximum atomic E-state index is 13.6. The third kappa shape index (κ3) is 8.65. The third-order valence-corrected chi connectivity index (χ3v) is 8.32. The number of nitrogens with one attached hydrogen (secondary N) is 1. The summed E-state index contributed by atoms with van der Waals surface area (Å²) >= 11 is 12.5. The Bertz CT molecular complexity index is 1290. The van der Waals surface area contributed by atoms with Crippen LogP contribution in [0.5, 0.6) is 11.5 Å². The van der Waals surface area contributed by atoms with Crippen LogP contribution in [0.4, 0.5) is 5.69 Å². The van der Waals surface area contributed by atoms with Crippen LogP contribution in [-0.4, -0.2) is 63.7 Å². The van der Waals surface area contributed by atoms with E-state index in [0.717, 1.165) is 19.1 Å². The number of benzene rings is 2. The fourth-order valence-electron chi connectivity index (χ4n) is 4.45. The normalized spacial score (nSPS) is 13.4. The molecule has 1 atom stereocenters. The quantitative estimate of drug-likeness (QED) is 0.299. The van der Waals surface area contributed by atoms with E-state index in [-0.39, 0.29) is 37.7 Å². The number of halogens is 2. The Labute approximate surface area is 246 Å². The van der Waals surface area contributed by atoms with E-state index in [1.165, 1.54) is 9.21 Å². The first-order chi connectivity index (χ1) is 19.0. The molecule has 1 aliphatic rings. The Hall–Kier alpha value is -2.69. The van der Waals surface area contributed by atoms with Gasteiger partial charge in [0.2, 0.25) is 21.8 Å².